The van der Waals surface area contributed by atoms with E-state index >= 15 is 0 Å². The Bertz CT molecular complexity index is 1420. The fourth-order valence-corrected chi connectivity index (χ4v) is 3.90. The Labute approximate surface area is 222 Å². The van der Waals surface area contributed by atoms with Gasteiger partial charge in [0.05, 0.1) is 28.6 Å². The summed E-state index contributed by atoms with van der Waals surface area (Å²) >= 11 is 12.3. The maximum absolute atomic E-state index is 13.1. The number of carbonyl (C=O) groups is 4. The second-order valence-electron chi connectivity index (χ2n) is 7.96. The monoisotopic (exact) mass is 537 g/mol. The summed E-state index contributed by atoms with van der Waals surface area (Å²) in [7, 11) is 0. The Morgan fingerprint density at radius 3 is 2.32 bits per heavy atom. The van der Waals surface area contributed by atoms with Crippen molar-refractivity contribution >= 4 is 64.0 Å². The van der Waals surface area contributed by atoms with Crippen molar-refractivity contribution in [2.24, 2.45) is 0 Å². The smallest absolute Gasteiger partial charge is 0.338 e. The highest BCUT2D eigenvalue weighted by molar-refractivity contribution is 6.53. The van der Waals surface area contributed by atoms with E-state index in [9.17, 15) is 19.2 Å². The number of anilines is 3. The van der Waals surface area contributed by atoms with Crippen molar-refractivity contribution in [3.63, 3.8) is 0 Å². The van der Waals surface area contributed by atoms with Crippen molar-refractivity contribution in [2.75, 3.05) is 22.1 Å². The van der Waals surface area contributed by atoms with Gasteiger partial charge >= 0.3 is 5.97 Å². The molecule has 4 rings (SSSR count). The van der Waals surface area contributed by atoms with Gasteiger partial charge in [0.15, 0.2) is 0 Å². The molecular weight excluding hydrogens is 517 g/mol. The van der Waals surface area contributed by atoms with Crippen molar-refractivity contribution in [1.82, 2.24) is 0 Å². The van der Waals surface area contributed by atoms with Crippen LogP contribution >= 0.6 is 23.2 Å². The SMILES string of the molecule is CCCOC(=O)c1cccc(N2C(=O)C(Cl)=C(Nc3ccc(C(=O)Nc4ccccc4Cl)cc3)C2=O)c1. The van der Waals surface area contributed by atoms with Gasteiger partial charge in [-0.3, -0.25) is 14.4 Å². The van der Waals surface area contributed by atoms with E-state index < -0.39 is 17.8 Å². The fourth-order valence-electron chi connectivity index (χ4n) is 3.50. The molecule has 10 heteroatoms. The van der Waals surface area contributed by atoms with E-state index in [1.807, 2.05) is 6.92 Å². The summed E-state index contributed by atoms with van der Waals surface area (Å²) in [6, 6.07) is 19.1. The van der Waals surface area contributed by atoms with Gasteiger partial charge in [-0.05, 0) is 61.0 Å². The number of nitrogens with one attached hydrogen (secondary N) is 2. The lowest BCUT2D eigenvalue weighted by atomic mass is 10.1. The Morgan fingerprint density at radius 2 is 1.62 bits per heavy atom. The zero-order valence-electron chi connectivity index (χ0n) is 19.6. The molecule has 37 heavy (non-hydrogen) atoms. The number of amides is 3. The third kappa shape index (κ3) is 5.66. The second kappa shape index (κ2) is 11.3. The summed E-state index contributed by atoms with van der Waals surface area (Å²) in [5, 5.41) is 5.69. The number of imide groups is 1. The minimum atomic E-state index is -0.732. The van der Waals surface area contributed by atoms with Crippen LogP contribution in [0.3, 0.4) is 0 Å². The van der Waals surface area contributed by atoms with Crippen molar-refractivity contribution in [3.8, 4) is 0 Å². The number of ether oxygens (including phenoxy) is 1. The number of rotatable bonds is 8. The molecule has 3 amide bonds. The minimum absolute atomic E-state index is 0.126. The van der Waals surface area contributed by atoms with E-state index in [-0.39, 0.29) is 34.5 Å². The van der Waals surface area contributed by atoms with E-state index in [2.05, 4.69) is 10.6 Å². The molecule has 0 aromatic heterocycles. The van der Waals surface area contributed by atoms with Crippen LogP contribution < -0.4 is 15.5 Å². The third-order valence-corrected chi connectivity index (χ3v) is 6.02. The van der Waals surface area contributed by atoms with Crippen LogP contribution in [0, 0.1) is 0 Å². The molecule has 1 heterocycles. The molecule has 1 aliphatic heterocycles. The zero-order valence-corrected chi connectivity index (χ0v) is 21.1. The predicted molar refractivity (Wildman–Crippen MR) is 142 cm³/mol. The number of para-hydroxylation sites is 1. The molecule has 0 saturated carbocycles. The number of halogens is 2. The maximum Gasteiger partial charge on any atom is 0.338 e. The summed E-state index contributed by atoms with van der Waals surface area (Å²) in [6.45, 7) is 2.13. The van der Waals surface area contributed by atoms with E-state index in [0.717, 1.165) is 4.90 Å². The van der Waals surface area contributed by atoms with Crippen molar-refractivity contribution < 1.29 is 23.9 Å². The number of hydrogen-bond acceptors (Lipinski definition) is 6. The Morgan fingerprint density at radius 1 is 0.892 bits per heavy atom. The lowest BCUT2D eigenvalue weighted by Gasteiger charge is -2.16. The topological polar surface area (TPSA) is 105 Å². The first-order chi connectivity index (χ1) is 17.8. The molecule has 8 nitrogen and oxygen atoms in total. The summed E-state index contributed by atoms with van der Waals surface area (Å²) in [4.78, 5) is 51.5. The number of benzene rings is 3. The largest absolute Gasteiger partial charge is 0.462 e. The van der Waals surface area contributed by atoms with E-state index in [1.165, 1.54) is 18.2 Å². The minimum Gasteiger partial charge on any atom is -0.462 e. The van der Waals surface area contributed by atoms with Gasteiger partial charge in [0.1, 0.15) is 10.7 Å². The second-order valence-corrected chi connectivity index (χ2v) is 8.74. The summed E-state index contributed by atoms with van der Waals surface area (Å²) in [5.74, 6) is -2.34. The van der Waals surface area contributed by atoms with E-state index in [4.69, 9.17) is 27.9 Å². The van der Waals surface area contributed by atoms with Crippen LogP contribution in [0.15, 0.2) is 83.5 Å². The van der Waals surface area contributed by atoms with Crippen molar-refractivity contribution in [2.45, 2.75) is 13.3 Å². The first-order valence-electron chi connectivity index (χ1n) is 11.3. The van der Waals surface area contributed by atoms with Crippen molar-refractivity contribution in [1.29, 1.82) is 0 Å². The molecule has 0 radical (unpaired) electrons. The quantitative estimate of drug-likeness (QED) is 0.286. The van der Waals surface area contributed by atoms with E-state index in [0.29, 0.717) is 28.4 Å². The Kier molecular flexibility index (Phi) is 7.91. The fraction of sp³-hybridized carbons (Fsp3) is 0.111. The molecule has 0 atom stereocenters. The van der Waals surface area contributed by atoms with Gasteiger partial charge in [0.25, 0.3) is 17.7 Å². The van der Waals surface area contributed by atoms with Crippen LogP contribution in [-0.4, -0.2) is 30.3 Å². The van der Waals surface area contributed by atoms with Gasteiger partial charge in [0.2, 0.25) is 0 Å². The highest BCUT2D eigenvalue weighted by Gasteiger charge is 2.39. The molecule has 3 aromatic rings. The van der Waals surface area contributed by atoms with Crippen molar-refractivity contribution in [3.05, 3.63) is 99.7 Å². The van der Waals surface area contributed by atoms with Gasteiger partial charge in [-0.2, -0.15) is 0 Å². The Balaban J connectivity index is 1.48. The number of nitrogens with zero attached hydrogens (tertiary/aromatic N) is 1. The highest BCUT2D eigenvalue weighted by atomic mass is 35.5. The summed E-state index contributed by atoms with van der Waals surface area (Å²) in [5.41, 5.74) is 1.53. The first kappa shape index (κ1) is 25.9. The van der Waals surface area contributed by atoms with Crippen LogP contribution in [0.5, 0.6) is 0 Å². The highest BCUT2D eigenvalue weighted by Crippen LogP contribution is 2.31. The summed E-state index contributed by atoms with van der Waals surface area (Å²) in [6.07, 6.45) is 0.663. The molecule has 188 valence electrons. The Hall–Kier alpha value is -4.14. The molecule has 0 bridgehead atoms. The third-order valence-electron chi connectivity index (χ3n) is 5.34. The molecule has 3 aromatic carbocycles. The average Bonchev–Trinajstić information content (AvgIpc) is 3.11. The van der Waals surface area contributed by atoms with Crippen LogP contribution in [0.4, 0.5) is 17.1 Å². The number of hydrogen-bond donors (Lipinski definition) is 2. The number of carbonyl (C=O) groups excluding carboxylic acids is 4. The molecule has 0 spiro atoms. The van der Waals surface area contributed by atoms with Crippen LogP contribution in [-0.2, 0) is 14.3 Å². The van der Waals surface area contributed by atoms with Crippen LogP contribution in [0.1, 0.15) is 34.1 Å². The molecule has 1 aliphatic rings. The molecule has 2 N–H and O–H groups in total. The van der Waals surface area contributed by atoms with Gasteiger partial charge < -0.3 is 15.4 Å². The zero-order chi connectivity index (χ0) is 26.5. The van der Waals surface area contributed by atoms with Crippen LogP contribution in [0.2, 0.25) is 5.02 Å². The molecule has 0 aliphatic carbocycles. The standard InChI is InChI=1S/C27H21Cl2N3O5/c1-2-14-37-27(36)17-6-5-7-19(15-17)32-25(34)22(29)23(26(32)35)30-18-12-10-16(11-13-18)24(33)31-21-9-4-3-8-20(21)28/h3-13,15,30H,2,14H2,1H3,(H,31,33). The molecule has 0 saturated heterocycles. The lowest BCUT2D eigenvalue weighted by molar-refractivity contribution is -0.120. The van der Waals surface area contributed by atoms with Gasteiger partial charge in [-0.25, -0.2) is 9.69 Å². The molecule has 0 unspecified atom stereocenters. The van der Waals surface area contributed by atoms with Gasteiger partial charge in [0, 0.05) is 11.3 Å². The van der Waals surface area contributed by atoms with Gasteiger partial charge in [-0.15, -0.1) is 0 Å². The normalized spacial score (nSPS) is 13.1. The average molecular weight is 538 g/mol. The number of esters is 1. The first-order valence-corrected chi connectivity index (χ1v) is 12.0. The van der Waals surface area contributed by atoms with Crippen LogP contribution in [0.25, 0.3) is 0 Å². The molecule has 0 fully saturated rings. The van der Waals surface area contributed by atoms with Gasteiger partial charge in [-0.1, -0.05) is 48.3 Å². The van der Waals surface area contributed by atoms with E-state index in [1.54, 1.807) is 54.6 Å². The maximum atomic E-state index is 13.1. The lowest BCUT2D eigenvalue weighted by Crippen LogP contribution is -2.32. The molecular formula is C27H21Cl2N3O5. The summed E-state index contributed by atoms with van der Waals surface area (Å²) < 4.78 is 5.12. The predicted octanol–water partition coefficient (Wildman–Crippen LogP) is 5.59.